The molecule has 0 aliphatic rings. The summed E-state index contributed by atoms with van der Waals surface area (Å²) in [5.74, 6) is 1.43. The second-order valence-electron chi connectivity index (χ2n) is 5.88. The van der Waals surface area contributed by atoms with Crippen molar-refractivity contribution < 1.29 is 4.74 Å². The number of nitriles is 1. The van der Waals surface area contributed by atoms with E-state index in [9.17, 15) is 0 Å². The van der Waals surface area contributed by atoms with Crippen LogP contribution < -0.4 is 15.4 Å². The van der Waals surface area contributed by atoms with E-state index in [-0.39, 0.29) is 0 Å². The highest BCUT2D eigenvalue weighted by molar-refractivity contribution is 5.94. The summed E-state index contributed by atoms with van der Waals surface area (Å²) in [6.45, 7) is 3.56. The molecular formula is C20H25N5O. The van der Waals surface area contributed by atoms with Gasteiger partial charge in [0.15, 0.2) is 0 Å². The Labute approximate surface area is 154 Å². The van der Waals surface area contributed by atoms with Crippen LogP contribution in [-0.2, 0) is 0 Å². The second kappa shape index (κ2) is 11.5. The summed E-state index contributed by atoms with van der Waals surface area (Å²) in [6, 6.07) is 11.7. The maximum absolute atomic E-state index is 8.78. The Morgan fingerprint density at radius 1 is 1.12 bits per heavy atom. The number of benzene rings is 1. The number of aromatic nitrogens is 1. The van der Waals surface area contributed by atoms with Gasteiger partial charge < -0.3 is 15.4 Å². The van der Waals surface area contributed by atoms with Gasteiger partial charge in [0.25, 0.3) is 0 Å². The molecule has 2 aromatic rings. The summed E-state index contributed by atoms with van der Waals surface area (Å²) in [5.41, 5.74) is 2.01. The van der Waals surface area contributed by atoms with Crippen LogP contribution in [0.15, 0.2) is 53.8 Å². The number of para-hydroxylation sites is 1. The average Bonchev–Trinajstić information content (AvgIpc) is 2.66. The Hall–Kier alpha value is -3.07. The molecule has 1 aromatic carbocycles. The first-order valence-corrected chi connectivity index (χ1v) is 8.85. The predicted molar refractivity (Wildman–Crippen MR) is 104 cm³/mol. The first-order valence-electron chi connectivity index (χ1n) is 8.85. The van der Waals surface area contributed by atoms with E-state index < -0.39 is 0 Å². The van der Waals surface area contributed by atoms with Crippen LogP contribution in [0, 0.1) is 18.4 Å². The summed E-state index contributed by atoms with van der Waals surface area (Å²) in [5, 5.41) is 15.0. The van der Waals surface area contributed by atoms with Crippen LogP contribution in [0.4, 0.5) is 5.69 Å². The molecule has 0 amide bonds. The van der Waals surface area contributed by atoms with Crippen molar-refractivity contribution in [3.05, 3.63) is 54.4 Å². The largest absolute Gasteiger partial charge is 0.493 e. The molecule has 0 aliphatic heterocycles. The third-order valence-corrected chi connectivity index (χ3v) is 3.82. The molecule has 0 bridgehead atoms. The van der Waals surface area contributed by atoms with Gasteiger partial charge in [0.05, 0.1) is 6.61 Å². The van der Waals surface area contributed by atoms with Gasteiger partial charge in [-0.25, -0.2) is 0 Å². The van der Waals surface area contributed by atoms with Crippen LogP contribution in [-0.4, -0.2) is 24.1 Å². The molecule has 0 atom stereocenters. The summed E-state index contributed by atoms with van der Waals surface area (Å²) >= 11 is 0. The Bertz CT molecular complexity index is 724. The number of ether oxygens (including phenoxy) is 1. The molecule has 0 saturated heterocycles. The van der Waals surface area contributed by atoms with Gasteiger partial charge in [0.2, 0.25) is 12.2 Å². The maximum Gasteiger partial charge on any atom is 0.211 e. The highest BCUT2D eigenvalue weighted by atomic mass is 16.5. The second-order valence-corrected chi connectivity index (χ2v) is 5.88. The molecule has 0 unspecified atom stereocenters. The average molecular weight is 351 g/mol. The zero-order valence-corrected chi connectivity index (χ0v) is 15.1. The van der Waals surface area contributed by atoms with E-state index in [1.54, 1.807) is 12.4 Å². The fraction of sp³-hybridized carbons (Fsp3) is 0.350. The molecule has 2 N–H and O–H groups in total. The summed E-state index contributed by atoms with van der Waals surface area (Å²) in [7, 11) is 0. The number of nitrogens with zero attached hydrogens (tertiary/aromatic N) is 3. The molecule has 0 aliphatic carbocycles. The number of unbranched alkanes of at least 4 members (excludes halogenated alkanes) is 3. The lowest BCUT2D eigenvalue weighted by Crippen LogP contribution is -2.31. The minimum absolute atomic E-state index is 0.460. The standard InChI is InChI=1S/C20H25N5O/c1-17-8-4-5-9-19(17)26-15-7-3-2-6-12-23-20(24-16-21)25-18-10-13-22-14-11-18/h4-5,8-11,13-14H,2-3,6-7,12,15H2,1H3,(H2,22,23,24,25). The lowest BCUT2D eigenvalue weighted by Gasteiger charge is -2.11. The van der Waals surface area contributed by atoms with Gasteiger partial charge in [0, 0.05) is 24.6 Å². The first kappa shape index (κ1) is 19.3. The van der Waals surface area contributed by atoms with Crippen molar-refractivity contribution in [2.45, 2.75) is 32.6 Å². The molecule has 0 radical (unpaired) electrons. The Morgan fingerprint density at radius 3 is 2.65 bits per heavy atom. The van der Waals surface area contributed by atoms with Gasteiger partial charge in [-0.05, 0) is 43.5 Å². The van der Waals surface area contributed by atoms with Gasteiger partial charge in [-0.1, -0.05) is 31.0 Å². The van der Waals surface area contributed by atoms with Crippen molar-refractivity contribution in [2.75, 3.05) is 18.5 Å². The lowest BCUT2D eigenvalue weighted by atomic mass is 10.2. The molecule has 1 aromatic heterocycles. The van der Waals surface area contributed by atoms with Crippen LogP contribution >= 0.6 is 0 Å². The van der Waals surface area contributed by atoms with E-state index in [4.69, 9.17) is 10.00 Å². The van der Waals surface area contributed by atoms with E-state index in [2.05, 4.69) is 33.6 Å². The molecule has 1 heterocycles. The van der Waals surface area contributed by atoms with Gasteiger partial charge in [-0.15, -0.1) is 4.99 Å². The van der Waals surface area contributed by atoms with Crippen molar-refractivity contribution in [1.82, 2.24) is 10.3 Å². The maximum atomic E-state index is 8.78. The predicted octanol–water partition coefficient (Wildman–Crippen LogP) is 3.87. The smallest absolute Gasteiger partial charge is 0.211 e. The first-order chi connectivity index (χ1) is 12.8. The number of anilines is 1. The zero-order valence-electron chi connectivity index (χ0n) is 15.1. The Morgan fingerprint density at radius 2 is 1.88 bits per heavy atom. The fourth-order valence-corrected chi connectivity index (χ4v) is 2.42. The van der Waals surface area contributed by atoms with E-state index in [1.165, 1.54) is 5.56 Å². The molecule has 0 fully saturated rings. The number of nitrogens with one attached hydrogen (secondary N) is 2. The summed E-state index contributed by atoms with van der Waals surface area (Å²) < 4.78 is 5.79. The van der Waals surface area contributed by atoms with Gasteiger partial charge >= 0.3 is 0 Å². The van der Waals surface area contributed by atoms with E-state index in [1.807, 2.05) is 36.5 Å². The van der Waals surface area contributed by atoms with E-state index in [0.717, 1.165) is 50.3 Å². The third-order valence-electron chi connectivity index (χ3n) is 3.82. The quantitative estimate of drug-likeness (QED) is 0.310. The minimum Gasteiger partial charge on any atom is -0.493 e. The zero-order chi connectivity index (χ0) is 18.5. The molecule has 136 valence electrons. The van der Waals surface area contributed by atoms with Crippen molar-refractivity contribution in [3.8, 4) is 11.9 Å². The lowest BCUT2D eigenvalue weighted by molar-refractivity contribution is 0.303. The summed E-state index contributed by atoms with van der Waals surface area (Å²) in [4.78, 5) is 7.73. The Kier molecular flexibility index (Phi) is 8.50. The van der Waals surface area contributed by atoms with E-state index >= 15 is 0 Å². The molecular weight excluding hydrogens is 326 g/mol. The van der Waals surface area contributed by atoms with Crippen LogP contribution in [0.1, 0.15) is 31.2 Å². The number of aliphatic imine (C=N–C) groups is 1. The normalized spacial score (nSPS) is 10.8. The van der Waals surface area contributed by atoms with Crippen molar-refractivity contribution in [2.24, 2.45) is 4.99 Å². The number of rotatable bonds is 9. The minimum atomic E-state index is 0.460. The van der Waals surface area contributed by atoms with Crippen LogP contribution in [0.2, 0.25) is 0 Å². The highest BCUT2D eigenvalue weighted by Gasteiger charge is 2.00. The number of guanidine groups is 1. The van der Waals surface area contributed by atoms with Crippen LogP contribution in [0.25, 0.3) is 0 Å². The topological polar surface area (TPSA) is 82.3 Å². The number of pyridine rings is 1. The third kappa shape index (κ3) is 7.22. The molecule has 0 spiro atoms. The number of hydrogen-bond acceptors (Lipinski definition) is 4. The molecule has 2 rings (SSSR count). The van der Waals surface area contributed by atoms with Gasteiger partial charge in [-0.3, -0.25) is 4.98 Å². The number of hydrogen-bond donors (Lipinski definition) is 2. The van der Waals surface area contributed by atoms with Gasteiger partial charge in [0.1, 0.15) is 5.75 Å². The summed E-state index contributed by atoms with van der Waals surface area (Å²) in [6.07, 6.45) is 9.42. The van der Waals surface area contributed by atoms with Crippen LogP contribution in [0.5, 0.6) is 5.75 Å². The van der Waals surface area contributed by atoms with Crippen molar-refractivity contribution >= 4 is 11.6 Å². The molecule has 6 nitrogen and oxygen atoms in total. The van der Waals surface area contributed by atoms with E-state index in [0.29, 0.717) is 5.96 Å². The molecule has 6 heteroatoms. The Balaban J connectivity index is 1.57. The molecule has 26 heavy (non-hydrogen) atoms. The molecule has 0 saturated carbocycles. The van der Waals surface area contributed by atoms with Crippen molar-refractivity contribution in [3.63, 3.8) is 0 Å². The SMILES string of the molecule is Cc1ccccc1OCCCCCCN/C(=N\C#N)Nc1ccncc1. The van der Waals surface area contributed by atoms with Crippen LogP contribution in [0.3, 0.4) is 0 Å². The fourth-order valence-electron chi connectivity index (χ4n) is 2.42. The highest BCUT2D eigenvalue weighted by Crippen LogP contribution is 2.16. The van der Waals surface area contributed by atoms with Gasteiger partial charge in [-0.2, -0.15) is 5.26 Å². The van der Waals surface area contributed by atoms with Crippen molar-refractivity contribution in [1.29, 1.82) is 5.26 Å². The number of aryl methyl sites for hydroxylation is 1. The monoisotopic (exact) mass is 351 g/mol.